The lowest BCUT2D eigenvalue weighted by Gasteiger charge is -2.23. The number of urea groups is 1. The van der Waals surface area contributed by atoms with Gasteiger partial charge in [0.2, 0.25) is 5.91 Å². The predicted molar refractivity (Wildman–Crippen MR) is 117 cm³/mol. The molecule has 0 saturated heterocycles. The van der Waals surface area contributed by atoms with Crippen LogP contribution in [0.3, 0.4) is 0 Å². The summed E-state index contributed by atoms with van der Waals surface area (Å²) in [6.07, 6.45) is 1.10. The summed E-state index contributed by atoms with van der Waals surface area (Å²) in [5.74, 6) is 0.649. The highest BCUT2D eigenvalue weighted by Gasteiger charge is 2.06. The topological polar surface area (TPSA) is 82.7 Å². The van der Waals surface area contributed by atoms with Crippen molar-refractivity contribution >= 4 is 23.3 Å². The maximum absolute atomic E-state index is 11.9. The molecule has 0 aromatic heterocycles. The molecule has 2 aromatic carbocycles. The molecule has 2 aromatic rings. The van der Waals surface area contributed by atoms with Gasteiger partial charge >= 0.3 is 6.03 Å². The average Bonchev–Trinajstić information content (AvgIpc) is 2.75. The molecule has 0 aliphatic rings. The maximum atomic E-state index is 11.9. The van der Waals surface area contributed by atoms with Crippen LogP contribution in [0.2, 0.25) is 0 Å². The molecule has 7 nitrogen and oxygen atoms in total. The number of hydrogen-bond acceptors (Lipinski definition) is 4. The number of benzene rings is 2. The van der Waals surface area contributed by atoms with Crippen molar-refractivity contribution in [3.05, 3.63) is 54.6 Å². The zero-order chi connectivity index (χ0) is 20.9. The van der Waals surface area contributed by atoms with E-state index in [-0.39, 0.29) is 24.9 Å². The summed E-state index contributed by atoms with van der Waals surface area (Å²) in [6, 6.07) is 16.9. The number of nitrogens with one attached hydrogen (secondary N) is 3. The normalized spacial score (nSPS) is 10.1. The SMILES string of the molecule is CCN(CCCNC(=O)CCNC(=O)Nc1ccc(OC)cc1)c1ccccc1. The fourth-order valence-electron chi connectivity index (χ4n) is 2.83. The molecule has 0 unspecified atom stereocenters. The first kappa shape index (κ1) is 22.1. The minimum absolute atomic E-state index is 0.0718. The summed E-state index contributed by atoms with van der Waals surface area (Å²) in [4.78, 5) is 26.1. The lowest BCUT2D eigenvalue weighted by molar-refractivity contribution is -0.120. The highest BCUT2D eigenvalue weighted by molar-refractivity contribution is 5.89. The molecule has 0 saturated carbocycles. The predicted octanol–water partition coefficient (Wildman–Crippen LogP) is 3.24. The molecule has 2 rings (SSSR count). The molecule has 0 aliphatic carbocycles. The van der Waals surface area contributed by atoms with Crippen molar-refractivity contribution in [2.24, 2.45) is 0 Å². The molecule has 3 amide bonds. The Morgan fingerprint density at radius 1 is 0.966 bits per heavy atom. The number of methoxy groups -OCH3 is 1. The van der Waals surface area contributed by atoms with Crippen LogP contribution < -0.4 is 25.6 Å². The standard InChI is InChI=1S/C22H30N4O3/c1-3-26(19-8-5-4-6-9-19)17-7-15-23-21(27)14-16-24-22(28)25-18-10-12-20(29-2)13-11-18/h4-6,8-13H,3,7,14-17H2,1-2H3,(H,23,27)(H2,24,25,28). The van der Waals surface area contributed by atoms with E-state index in [1.54, 1.807) is 31.4 Å². The van der Waals surface area contributed by atoms with Crippen molar-refractivity contribution in [2.45, 2.75) is 19.8 Å². The molecular weight excluding hydrogens is 368 g/mol. The molecule has 7 heteroatoms. The second kappa shape index (κ2) is 12.3. The van der Waals surface area contributed by atoms with Gasteiger partial charge in [-0.2, -0.15) is 0 Å². The van der Waals surface area contributed by atoms with Gasteiger partial charge in [-0.15, -0.1) is 0 Å². The van der Waals surface area contributed by atoms with Crippen LogP contribution in [0.15, 0.2) is 54.6 Å². The summed E-state index contributed by atoms with van der Waals surface area (Å²) in [5.41, 5.74) is 1.85. The van der Waals surface area contributed by atoms with Crippen molar-refractivity contribution in [3.8, 4) is 5.75 Å². The van der Waals surface area contributed by atoms with Crippen molar-refractivity contribution in [3.63, 3.8) is 0 Å². The van der Waals surface area contributed by atoms with Gasteiger partial charge in [0.25, 0.3) is 0 Å². The minimum Gasteiger partial charge on any atom is -0.497 e. The van der Waals surface area contributed by atoms with Crippen LogP contribution >= 0.6 is 0 Å². The van der Waals surface area contributed by atoms with E-state index in [1.807, 2.05) is 18.2 Å². The van der Waals surface area contributed by atoms with Crippen LogP contribution in [0.5, 0.6) is 5.75 Å². The average molecular weight is 399 g/mol. The third kappa shape index (κ3) is 8.13. The van der Waals surface area contributed by atoms with Gasteiger partial charge in [0.1, 0.15) is 5.75 Å². The summed E-state index contributed by atoms with van der Waals surface area (Å²) >= 11 is 0. The smallest absolute Gasteiger partial charge is 0.319 e. The Hall–Kier alpha value is -3.22. The van der Waals surface area contributed by atoms with Gasteiger partial charge in [-0.25, -0.2) is 4.79 Å². The number of ether oxygens (including phenoxy) is 1. The Kier molecular flexibility index (Phi) is 9.35. The second-order valence-electron chi connectivity index (χ2n) is 6.48. The Bertz CT molecular complexity index is 750. The first-order valence-electron chi connectivity index (χ1n) is 9.88. The first-order valence-corrected chi connectivity index (χ1v) is 9.88. The molecule has 0 radical (unpaired) electrons. The van der Waals surface area contributed by atoms with Gasteiger partial charge in [0.05, 0.1) is 7.11 Å². The zero-order valence-electron chi connectivity index (χ0n) is 17.1. The van der Waals surface area contributed by atoms with Crippen LogP contribution in [0.25, 0.3) is 0 Å². The molecular formula is C22H30N4O3. The molecule has 0 bridgehead atoms. The van der Waals surface area contributed by atoms with Crippen molar-refractivity contribution < 1.29 is 14.3 Å². The Morgan fingerprint density at radius 3 is 2.34 bits per heavy atom. The highest BCUT2D eigenvalue weighted by atomic mass is 16.5. The van der Waals surface area contributed by atoms with Crippen LogP contribution in [0.4, 0.5) is 16.2 Å². The third-order valence-electron chi connectivity index (χ3n) is 4.42. The second-order valence-corrected chi connectivity index (χ2v) is 6.48. The van der Waals surface area contributed by atoms with Crippen molar-refractivity contribution in [2.75, 3.05) is 43.5 Å². The van der Waals surface area contributed by atoms with Gasteiger partial charge in [0, 0.05) is 44.0 Å². The molecule has 0 spiro atoms. The molecule has 0 fully saturated rings. The van der Waals surface area contributed by atoms with E-state index >= 15 is 0 Å². The Balaban J connectivity index is 1.57. The van der Waals surface area contributed by atoms with E-state index in [0.29, 0.717) is 12.2 Å². The van der Waals surface area contributed by atoms with Crippen molar-refractivity contribution in [1.29, 1.82) is 0 Å². The number of carbonyl (C=O) groups is 2. The van der Waals surface area contributed by atoms with E-state index in [1.165, 1.54) is 5.69 Å². The number of hydrogen-bond donors (Lipinski definition) is 3. The van der Waals surface area contributed by atoms with Crippen LogP contribution in [-0.2, 0) is 4.79 Å². The number of anilines is 2. The van der Waals surface area contributed by atoms with E-state index in [4.69, 9.17) is 4.74 Å². The Labute approximate surface area is 172 Å². The number of rotatable bonds is 11. The molecule has 0 heterocycles. The van der Waals surface area contributed by atoms with Crippen molar-refractivity contribution in [1.82, 2.24) is 10.6 Å². The number of amides is 3. The first-order chi connectivity index (χ1) is 14.1. The summed E-state index contributed by atoms with van der Waals surface area (Å²) < 4.78 is 5.07. The summed E-state index contributed by atoms with van der Waals surface area (Å²) in [7, 11) is 1.59. The molecule has 0 aliphatic heterocycles. The summed E-state index contributed by atoms with van der Waals surface area (Å²) in [6.45, 7) is 4.81. The van der Waals surface area contributed by atoms with Gasteiger partial charge in [-0.05, 0) is 49.7 Å². The minimum atomic E-state index is -0.343. The Morgan fingerprint density at radius 2 is 1.69 bits per heavy atom. The monoisotopic (exact) mass is 398 g/mol. The van der Waals surface area contributed by atoms with Gasteiger partial charge < -0.3 is 25.6 Å². The van der Waals surface area contributed by atoms with Gasteiger partial charge in [-0.3, -0.25) is 4.79 Å². The largest absolute Gasteiger partial charge is 0.497 e. The molecule has 0 atom stereocenters. The number of carbonyl (C=O) groups excluding carboxylic acids is 2. The molecule has 29 heavy (non-hydrogen) atoms. The number of para-hydroxylation sites is 1. The van der Waals surface area contributed by atoms with Gasteiger partial charge in [0.15, 0.2) is 0 Å². The fraction of sp³-hybridized carbons (Fsp3) is 0.364. The van der Waals surface area contributed by atoms with E-state index in [9.17, 15) is 9.59 Å². The van der Waals surface area contributed by atoms with Crippen LogP contribution in [-0.4, -0.2) is 45.2 Å². The lowest BCUT2D eigenvalue weighted by atomic mass is 10.2. The van der Waals surface area contributed by atoms with Crippen LogP contribution in [0, 0.1) is 0 Å². The quantitative estimate of drug-likeness (QED) is 0.508. The van der Waals surface area contributed by atoms with Gasteiger partial charge in [-0.1, -0.05) is 18.2 Å². The lowest BCUT2D eigenvalue weighted by Crippen LogP contribution is -2.34. The molecule has 156 valence electrons. The fourth-order valence-corrected chi connectivity index (χ4v) is 2.83. The highest BCUT2D eigenvalue weighted by Crippen LogP contribution is 2.15. The zero-order valence-corrected chi connectivity index (χ0v) is 17.1. The van der Waals surface area contributed by atoms with E-state index in [2.05, 4.69) is 39.9 Å². The van der Waals surface area contributed by atoms with E-state index in [0.717, 1.165) is 25.3 Å². The summed E-state index contributed by atoms with van der Waals surface area (Å²) in [5, 5.41) is 8.29. The number of nitrogens with zero attached hydrogens (tertiary/aromatic N) is 1. The van der Waals surface area contributed by atoms with E-state index < -0.39 is 0 Å². The third-order valence-corrected chi connectivity index (χ3v) is 4.42. The molecule has 3 N–H and O–H groups in total. The maximum Gasteiger partial charge on any atom is 0.319 e. The van der Waals surface area contributed by atoms with Crippen LogP contribution in [0.1, 0.15) is 19.8 Å².